The van der Waals surface area contributed by atoms with E-state index in [1.54, 1.807) is 19.1 Å². The Bertz CT molecular complexity index is 803. The summed E-state index contributed by atoms with van der Waals surface area (Å²) in [4.78, 5) is 28.4. The van der Waals surface area contributed by atoms with Crippen molar-refractivity contribution in [2.24, 2.45) is 10.4 Å². The van der Waals surface area contributed by atoms with Gasteiger partial charge in [0.1, 0.15) is 5.41 Å². The number of benzene rings is 1. The molecule has 2 N–H and O–H groups in total. The molecule has 2 atom stereocenters. The van der Waals surface area contributed by atoms with Gasteiger partial charge in [-0.2, -0.15) is 0 Å². The summed E-state index contributed by atoms with van der Waals surface area (Å²) in [7, 11) is 0. The van der Waals surface area contributed by atoms with E-state index in [1.165, 1.54) is 13.0 Å². The molecule has 1 aliphatic rings. The summed E-state index contributed by atoms with van der Waals surface area (Å²) in [6, 6.07) is 4.56. The molecule has 134 valence electrons. The predicted octanol–water partition coefficient (Wildman–Crippen LogP) is 4.61. The molecule has 25 heavy (non-hydrogen) atoms. The van der Waals surface area contributed by atoms with E-state index in [2.05, 4.69) is 4.99 Å². The van der Waals surface area contributed by atoms with Crippen molar-refractivity contribution in [3.8, 4) is 0 Å². The van der Waals surface area contributed by atoms with Gasteiger partial charge in [-0.1, -0.05) is 36.2 Å². The SMILES string of the molecule is CCC1(C(=O)O)C(CCl)=NC(C)=C(C(=O)O)C1c1ccc(Cl)cc1Cl. The Labute approximate surface area is 159 Å². The summed E-state index contributed by atoms with van der Waals surface area (Å²) in [5.41, 5.74) is -0.925. The summed E-state index contributed by atoms with van der Waals surface area (Å²) < 4.78 is 0. The fraction of sp³-hybridized carbons (Fsp3) is 0.353. The van der Waals surface area contributed by atoms with Crippen molar-refractivity contribution in [2.45, 2.75) is 26.2 Å². The summed E-state index contributed by atoms with van der Waals surface area (Å²) in [6.07, 6.45) is 0.0988. The molecular formula is C17H16Cl3NO4. The van der Waals surface area contributed by atoms with Gasteiger partial charge in [-0.05, 0) is 31.0 Å². The Morgan fingerprint density at radius 3 is 2.36 bits per heavy atom. The third-order valence-corrected chi connectivity index (χ3v) is 5.37. The monoisotopic (exact) mass is 403 g/mol. The zero-order valence-electron chi connectivity index (χ0n) is 13.5. The maximum Gasteiger partial charge on any atom is 0.334 e. The smallest absolute Gasteiger partial charge is 0.334 e. The number of carboxylic acids is 2. The van der Waals surface area contributed by atoms with Gasteiger partial charge in [-0.3, -0.25) is 9.79 Å². The molecule has 0 saturated carbocycles. The van der Waals surface area contributed by atoms with Crippen molar-refractivity contribution < 1.29 is 19.8 Å². The Morgan fingerprint density at radius 1 is 1.28 bits per heavy atom. The fourth-order valence-corrected chi connectivity index (χ4v) is 4.19. The van der Waals surface area contributed by atoms with Crippen LogP contribution in [0.25, 0.3) is 0 Å². The highest BCUT2D eigenvalue weighted by molar-refractivity contribution is 6.35. The van der Waals surface area contributed by atoms with Crippen LogP contribution in [0.2, 0.25) is 10.0 Å². The highest BCUT2D eigenvalue weighted by Gasteiger charge is 2.54. The number of hydrogen-bond acceptors (Lipinski definition) is 3. The molecule has 0 fully saturated rings. The van der Waals surface area contributed by atoms with Gasteiger partial charge in [0.25, 0.3) is 0 Å². The van der Waals surface area contributed by atoms with E-state index in [1.807, 2.05) is 0 Å². The van der Waals surface area contributed by atoms with E-state index in [0.29, 0.717) is 10.6 Å². The van der Waals surface area contributed by atoms with Crippen LogP contribution in [0.3, 0.4) is 0 Å². The van der Waals surface area contributed by atoms with Crippen molar-refractivity contribution >= 4 is 52.5 Å². The third kappa shape index (κ3) is 3.16. The summed E-state index contributed by atoms with van der Waals surface area (Å²) >= 11 is 18.2. The van der Waals surface area contributed by atoms with Crippen molar-refractivity contribution in [3.05, 3.63) is 45.1 Å². The first-order valence-electron chi connectivity index (χ1n) is 7.47. The molecule has 0 amide bonds. The van der Waals surface area contributed by atoms with Crippen LogP contribution in [0.5, 0.6) is 0 Å². The van der Waals surface area contributed by atoms with E-state index in [4.69, 9.17) is 34.8 Å². The average Bonchev–Trinajstić information content (AvgIpc) is 2.53. The number of allylic oxidation sites excluding steroid dienone is 1. The lowest BCUT2D eigenvalue weighted by atomic mass is 9.62. The third-order valence-electron chi connectivity index (χ3n) is 4.56. The zero-order valence-corrected chi connectivity index (χ0v) is 15.8. The number of aliphatic carboxylic acids is 2. The van der Waals surface area contributed by atoms with Crippen molar-refractivity contribution in [2.75, 3.05) is 5.88 Å². The van der Waals surface area contributed by atoms with Crippen LogP contribution in [-0.2, 0) is 9.59 Å². The van der Waals surface area contributed by atoms with Gasteiger partial charge >= 0.3 is 11.9 Å². The lowest BCUT2D eigenvalue weighted by Crippen LogP contribution is -2.48. The van der Waals surface area contributed by atoms with Gasteiger partial charge in [-0.25, -0.2) is 4.79 Å². The quantitative estimate of drug-likeness (QED) is 0.702. The van der Waals surface area contributed by atoms with E-state index >= 15 is 0 Å². The normalized spacial score (nSPS) is 23.4. The van der Waals surface area contributed by atoms with E-state index in [9.17, 15) is 19.8 Å². The van der Waals surface area contributed by atoms with Gasteiger partial charge in [0, 0.05) is 21.7 Å². The number of carbonyl (C=O) groups is 2. The number of alkyl halides is 1. The average molecular weight is 405 g/mol. The Balaban J connectivity index is 2.91. The number of hydrogen-bond donors (Lipinski definition) is 2. The first kappa shape index (κ1) is 19.8. The van der Waals surface area contributed by atoms with E-state index in [0.717, 1.165) is 0 Å². The second-order valence-electron chi connectivity index (χ2n) is 5.73. The molecule has 0 spiro atoms. The van der Waals surface area contributed by atoms with E-state index < -0.39 is 23.3 Å². The molecule has 2 unspecified atom stereocenters. The Kier molecular flexibility index (Phi) is 5.82. The highest BCUT2D eigenvalue weighted by atomic mass is 35.5. The molecule has 5 nitrogen and oxygen atoms in total. The first-order chi connectivity index (χ1) is 11.7. The minimum Gasteiger partial charge on any atom is -0.481 e. The molecule has 0 bridgehead atoms. The standard InChI is InChI=1S/C17H16Cl3NO4/c1-3-17(16(24)25)12(7-18)21-8(2)13(15(22)23)14(17)10-5-4-9(19)6-11(10)20/h4-6,14H,3,7H2,1-2H3,(H,22,23)(H,24,25). The van der Waals surface area contributed by atoms with Crippen LogP contribution >= 0.6 is 34.8 Å². The van der Waals surface area contributed by atoms with Crippen molar-refractivity contribution in [1.82, 2.24) is 0 Å². The summed E-state index contributed by atoms with van der Waals surface area (Å²) in [5.74, 6) is -3.61. The molecular weight excluding hydrogens is 389 g/mol. The van der Waals surface area contributed by atoms with E-state index in [-0.39, 0.29) is 34.3 Å². The van der Waals surface area contributed by atoms with Gasteiger partial charge in [0.15, 0.2) is 0 Å². The second kappa shape index (κ2) is 7.36. The largest absolute Gasteiger partial charge is 0.481 e. The van der Waals surface area contributed by atoms with Gasteiger partial charge in [0.05, 0.1) is 17.2 Å². The number of carboxylic acid groups (broad SMARTS) is 2. The molecule has 1 aromatic carbocycles. The molecule has 2 rings (SSSR count). The maximum atomic E-state index is 12.3. The number of aliphatic imine (C=N–C) groups is 1. The van der Waals surface area contributed by atoms with Gasteiger partial charge in [0.2, 0.25) is 0 Å². The van der Waals surface area contributed by atoms with Crippen LogP contribution in [0.4, 0.5) is 0 Å². The topological polar surface area (TPSA) is 87.0 Å². The molecule has 0 radical (unpaired) electrons. The van der Waals surface area contributed by atoms with Crippen LogP contribution in [0.15, 0.2) is 34.5 Å². The predicted molar refractivity (Wildman–Crippen MR) is 98.1 cm³/mol. The van der Waals surface area contributed by atoms with Crippen LogP contribution in [-0.4, -0.2) is 33.7 Å². The molecule has 8 heteroatoms. The van der Waals surface area contributed by atoms with Crippen LogP contribution < -0.4 is 0 Å². The summed E-state index contributed by atoms with van der Waals surface area (Å²) in [6.45, 7) is 3.18. The Hall–Kier alpha value is -1.56. The fourth-order valence-electron chi connectivity index (χ4n) is 3.37. The van der Waals surface area contributed by atoms with Gasteiger partial charge in [-0.15, -0.1) is 11.6 Å². The lowest BCUT2D eigenvalue weighted by Gasteiger charge is -2.41. The van der Waals surface area contributed by atoms with Gasteiger partial charge < -0.3 is 10.2 Å². The number of rotatable bonds is 5. The molecule has 1 aliphatic heterocycles. The Morgan fingerprint density at radius 2 is 1.92 bits per heavy atom. The molecule has 0 aliphatic carbocycles. The minimum absolute atomic E-state index is 0.0988. The summed E-state index contributed by atoms with van der Waals surface area (Å²) in [5, 5.41) is 20.3. The molecule has 1 heterocycles. The maximum absolute atomic E-state index is 12.3. The molecule has 0 aromatic heterocycles. The minimum atomic E-state index is -1.60. The van der Waals surface area contributed by atoms with Crippen LogP contribution in [0.1, 0.15) is 31.7 Å². The van der Waals surface area contributed by atoms with Crippen molar-refractivity contribution in [1.29, 1.82) is 0 Å². The second-order valence-corrected chi connectivity index (χ2v) is 6.84. The number of halogens is 3. The first-order valence-corrected chi connectivity index (χ1v) is 8.76. The number of nitrogens with zero attached hydrogens (tertiary/aromatic N) is 1. The molecule has 0 saturated heterocycles. The van der Waals surface area contributed by atoms with Crippen LogP contribution in [0, 0.1) is 5.41 Å². The van der Waals surface area contributed by atoms with Crippen molar-refractivity contribution in [3.63, 3.8) is 0 Å². The molecule has 1 aromatic rings. The zero-order chi connectivity index (χ0) is 18.9. The highest BCUT2D eigenvalue weighted by Crippen LogP contribution is 2.51. The lowest BCUT2D eigenvalue weighted by molar-refractivity contribution is -0.146.